The molecule has 128 valence electrons. The second-order valence-electron chi connectivity index (χ2n) is 6.79. The van der Waals surface area contributed by atoms with E-state index >= 15 is 0 Å². The first-order chi connectivity index (χ1) is 11.6. The summed E-state index contributed by atoms with van der Waals surface area (Å²) in [4.78, 5) is 16.8. The van der Waals surface area contributed by atoms with Crippen molar-refractivity contribution in [1.29, 1.82) is 0 Å². The largest absolute Gasteiger partial charge is 0.493 e. The van der Waals surface area contributed by atoms with E-state index in [9.17, 15) is 4.79 Å². The molecule has 0 fully saturated rings. The Kier molecular flexibility index (Phi) is 5.18. The smallest absolute Gasteiger partial charge is 0.223 e. The van der Waals surface area contributed by atoms with E-state index in [0.29, 0.717) is 19.1 Å². The number of hydrogen-bond acceptors (Lipinski definition) is 3. The van der Waals surface area contributed by atoms with Crippen molar-refractivity contribution in [2.24, 2.45) is 11.8 Å². The normalized spacial score (nSPS) is 17.0. The summed E-state index contributed by atoms with van der Waals surface area (Å²) in [5, 5.41) is 3.07. The SMILES string of the molecule is CC(C)Cn1cncc1CNC(=O)[C@H]1CCOc2ccccc2C1. The van der Waals surface area contributed by atoms with Crippen LogP contribution in [0.25, 0.3) is 0 Å². The lowest BCUT2D eigenvalue weighted by molar-refractivity contribution is -0.125. The molecule has 0 spiro atoms. The fraction of sp³-hybridized carbons (Fsp3) is 0.474. The molecule has 5 nitrogen and oxygen atoms in total. The number of rotatable bonds is 5. The molecule has 1 amide bonds. The highest BCUT2D eigenvalue weighted by Gasteiger charge is 2.23. The first-order valence-electron chi connectivity index (χ1n) is 8.61. The number of benzene rings is 1. The second kappa shape index (κ2) is 7.51. The summed E-state index contributed by atoms with van der Waals surface area (Å²) in [7, 11) is 0. The Morgan fingerprint density at radius 2 is 2.25 bits per heavy atom. The van der Waals surface area contributed by atoms with Crippen LogP contribution in [0.3, 0.4) is 0 Å². The van der Waals surface area contributed by atoms with Gasteiger partial charge in [0.1, 0.15) is 5.75 Å². The number of ether oxygens (including phenoxy) is 1. The Bertz CT molecular complexity index is 693. The monoisotopic (exact) mass is 327 g/mol. The molecule has 0 bridgehead atoms. The van der Waals surface area contributed by atoms with Crippen molar-refractivity contribution in [3.8, 4) is 5.75 Å². The van der Waals surface area contributed by atoms with E-state index in [1.54, 1.807) is 0 Å². The Balaban J connectivity index is 1.60. The molecular formula is C19H25N3O2. The van der Waals surface area contributed by atoms with Gasteiger partial charge in [0.15, 0.2) is 0 Å². The number of amides is 1. The maximum Gasteiger partial charge on any atom is 0.223 e. The Morgan fingerprint density at radius 1 is 1.42 bits per heavy atom. The minimum atomic E-state index is -0.0462. The third-order valence-electron chi connectivity index (χ3n) is 4.34. The number of nitrogens with one attached hydrogen (secondary N) is 1. The molecule has 0 saturated carbocycles. The average molecular weight is 327 g/mol. The van der Waals surface area contributed by atoms with Gasteiger partial charge >= 0.3 is 0 Å². The zero-order valence-electron chi connectivity index (χ0n) is 14.4. The number of para-hydroxylation sites is 1. The van der Waals surface area contributed by atoms with E-state index in [-0.39, 0.29) is 11.8 Å². The number of hydrogen-bond donors (Lipinski definition) is 1. The fourth-order valence-corrected chi connectivity index (χ4v) is 3.09. The molecule has 2 heterocycles. The van der Waals surface area contributed by atoms with Gasteiger partial charge in [0.2, 0.25) is 5.91 Å². The molecule has 0 radical (unpaired) electrons. The van der Waals surface area contributed by atoms with E-state index < -0.39 is 0 Å². The van der Waals surface area contributed by atoms with Crippen LogP contribution in [0.1, 0.15) is 31.5 Å². The summed E-state index contributed by atoms with van der Waals surface area (Å²) >= 11 is 0. The van der Waals surface area contributed by atoms with Crippen LogP contribution >= 0.6 is 0 Å². The van der Waals surface area contributed by atoms with Gasteiger partial charge in [-0.25, -0.2) is 4.98 Å². The van der Waals surface area contributed by atoms with E-state index in [1.165, 1.54) is 0 Å². The molecule has 0 saturated heterocycles. The molecular weight excluding hydrogens is 302 g/mol. The number of fused-ring (bicyclic) bond motifs is 1. The van der Waals surface area contributed by atoms with Gasteiger partial charge < -0.3 is 14.6 Å². The molecule has 1 N–H and O–H groups in total. The van der Waals surface area contributed by atoms with E-state index in [4.69, 9.17) is 4.74 Å². The topological polar surface area (TPSA) is 56.2 Å². The molecule has 1 aromatic heterocycles. The zero-order chi connectivity index (χ0) is 16.9. The van der Waals surface area contributed by atoms with Crippen molar-refractivity contribution in [3.05, 3.63) is 48.0 Å². The quantitative estimate of drug-likeness (QED) is 0.919. The zero-order valence-corrected chi connectivity index (χ0v) is 14.4. The lowest BCUT2D eigenvalue weighted by Gasteiger charge is -2.15. The average Bonchev–Trinajstić information content (AvgIpc) is 2.87. The summed E-state index contributed by atoms with van der Waals surface area (Å²) in [6.07, 6.45) is 5.13. The Labute approximate surface area is 143 Å². The van der Waals surface area contributed by atoms with E-state index in [1.807, 2.05) is 36.8 Å². The summed E-state index contributed by atoms with van der Waals surface area (Å²) in [6, 6.07) is 7.97. The molecule has 1 aromatic carbocycles. The molecule has 3 rings (SSSR count). The maximum atomic E-state index is 12.6. The number of carbonyl (C=O) groups is 1. The van der Waals surface area contributed by atoms with Gasteiger partial charge in [-0.2, -0.15) is 0 Å². The molecule has 1 atom stereocenters. The molecule has 1 aliphatic rings. The summed E-state index contributed by atoms with van der Waals surface area (Å²) in [5.41, 5.74) is 2.15. The Hall–Kier alpha value is -2.30. The van der Waals surface area contributed by atoms with Crippen LogP contribution in [-0.4, -0.2) is 22.1 Å². The first-order valence-corrected chi connectivity index (χ1v) is 8.61. The van der Waals surface area contributed by atoms with Gasteiger partial charge in [-0.1, -0.05) is 32.0 Å². The van der Waals surface area contributed by atoms with Crippen molar-refractivity contribution in [2.75, 3.05) is 6.61 Å². The number of aromatic nitrogens is 2. The van der Waals surface area contributed by atoms with Gasteiger partial charge in [-0.05, 0) is 30.4 Å². The third kappa shape index (κ3) is 3.96. The van der Waals surface area contributed by atoms with Crippen LogP contribution in [0.5, 0.6) is 5.75 Å². The van der Waals surface area contributed by atoms with Crippen molar-refractivity contribution in [1.82, 2.24) is 14.9 Å². The molecule has 2 aromatic rings. The van der Waals surface area contributed by atoms with Crippen LogP contribution in [-0.2, 0) is 24.3 Å². The fourth-order valence-electron chi connectivity index (χ4n) is 3.09. The standard InChI is InChI=1S/C19H25N3O2/c1-14(2)12-22-13-20-10-17(22)11-21-19(23)16-7-8-24-18-6-4-3-5-15(18)9-16/h3-6,10,13-14,16H,7-9,11-12H2,1-2H3,(H,21,23)/t16-/m0/s1. The number of carbonyl (C=O) groups excluding carboxylic acids is 1. The number of nitrogens with zero attached hydrogens (tertiary/aromatic N) is 2. The molecule has 5 heteroatoms. The van der Waals surface area contributed by atoms with Crippen molar-refractivity contribution in [3.63, 3.8) is 0 Å². The van der Waals surface area contributed by atoms with Crippen molar-refractivity contribution in [2.45, 2.75) is 39.8 Å². The lowest BCUT2D eigenvalue weighted by Crippen LogP contribution is -2.32. The van der Waals surface area contributed by atoms with Crippen LogP contribution < -0.4 is 10.1 Å². The lowest BCUT2D eigenvalue weighted by atomic mass is 9.96. The molecule has 0 unspecified atom stereocenters. The van der Waals surface area contributed by atoms with E-state index in [2.05, 4.69) is 28.7 Å². The van der Waals surface area contributed by atoms with Crippen LogP contribution in [0.4, 0.5) is 0 Å². The minimum absolute atomic E-state index is 0.0462. The van der Waals surface area contributed by atoms with Crippen LogP contribution in [0.2, 0.25) is 0 Å². The van der Waals surface area contributed by atoms with Gasteiger partial charge in [0.05, 0.1) is 25.2 Å². The highest BCUT2D eigenvalue weighted by atomic mass is 16.5. The number of imidazole rings is 1. The molecule has 1 aliphatic heterocycles. The van der Waals surface area contributed by atoms with Crippen LogP contribution in [0.15, 0.2) is 36.8 Å². The minimum Gasteiger partial charge on any atom is -0.493 e. The van der Waals surface area contributed by atoms with Crippen molar-refractivity contribution < 1.29 is 9.53 Å². The summed E-state index contributed by atoms with van der Waals surface area (Å²) in [6.45, 7) is 6.36. The van der Waals surface area contributed by atoms with Gasteiger partial charge in [-0.3, -0.25) is 4.79 Å². The highest BCUT2D eigenvalue weighted by Crippen LogP contribution is 2.26. The molecule has 24 heavy (non-hydrogen) atoms. The van der Waals surface area contributed by atoms with Crippen LogP contribution in [0, 0.1) is 11.8 Å². The maximum absolute atomic E-state index is 12.6. The second-order valence-corrected chi connectivity index (χ2v) is 6.79. The first kappa shape index (κ1) is 16.6. The van der Waals surface area contributed by atoms with Gasteiger partial charge in [-0.15, -0.1) is 0 Å². The van der Waals surface area contributed by atoms with Gasteiger partial charge in [0, 0.05) is 18.7 Å². The predicted octanol–water partition coefficient (Wildman–Crippen LogP) is 2.80. The van der Waals surface area contributed by atoms with Crippen molar-refractivity contribution >= 4 is 5.91 Å². The van der Waals surface area contributed by atoms with E-state index in [0.717, 1.165) is 36.4 Å². The Morgan fingerprint density at radius 3 is 3.08 bits per heavy atom. The highest BCUT2D eigenvalue weighted by molar-refractivity contribution is 5.79. The summed E-state index contributed by atoms with van der Waals surface area (Å²) < 4.78 is 7.86. The van der Waals surface area contributed by atoms with Gasteiger partial charge in [0.25, 0.3) is 0 Å². The predicted molar refractivity (Wildman–Crippen MR) is 92.7 cm³/mol. The summed E-state index contributed by atoms with van der Waals surface area (Å²) in [5.74, 6) is 1.50. The third-order valence-corrected chi connectivity index (χ3v) is 4.34. The molecule has 0 aliphatic carbocycles.